The van der Waals surface area contributed by atoms with Crippen LogP contribution in [0, 0.1) is 6.92 Å². The maximum Gasteiger partial charge on any atom is 0.145 e. The molecule has 25 heavy (non-hydrogen) atoms. The zero-order valence-corrected chi connectivity index (χ0v) is 14.8. The van der Waals surface area contributed by atoms with Crippen LogP contribution in [-0.4, -0.2) is 21.9 Å². The summed E-state index contributed by atoms with van der Waals surface area (Å²) in [6.45, 7) is 4.31. The average Bonchev–Trinajstić information content (AvgIpc) is 3.01. The van der Waals surface area contributed by atoms with E-state index in [4.69, 9.17) is 9.84 Å². The van der Waals surface area contributed by atoms with E-state index in [1.54, 1.807) is 7.11 Å². The molecule has 4 rings (SSSR count). The second kappa shape index (κ2) is 6.20. The van der Waals surface area contributed by atoms with E-state index in [-0.39, 0.29) is 0 Å². The quantitative estimate of drug-likeness (QED) is 0.537. The van der Waals surface area contributed by atoms with E-state index >= 15 is 0 Å². The summed E-state index contributed by atoms with van der Waals surface area (Å²) in [6, 6.07) is 14.4. The predicted octanol–water partition coefficient (Wildman–Crippen LogP) is 4.84. The molecule has 0 amide bonds. The number of aromatic nitrogens is 3. The van der Waals surface area contributed by atoms with E-state index in [0.717, 1.165) is 46.1 Å². The predicted molar refractivity (Wildman–Crippen MR) is 102 cm³/mol. The van der Waals surface area contributed by atoms with Gasteiger partial charge in [0.05, 0.1) is 18.5 Å². The van der Waals surface area contributed by atoms with Crippen molar-refractivity contribution in [2.24, 2.45) is 0 Å². The Hall–Kier alpha value is -2.88. The molecule has 4 aromatic rings. The highest BCUT2D eigenvalue weighted by Crippen LogP contribution is 2.32. The van der Waals surface area contributed by atoms with Crippen molar-refractivity contribution in [2.75, 3.05) is 7.11 Å². The average molecular weight is 331 g/mol. The minimum absolute atomic E-state index is 0.780. The van der Waals surface area contributed by atoms with Gasteiger partial charge in [-0.3, -0.25) is 4.98 Å². The summed E-state index contributed by atoms with van der Waals surface area (Å²) in [6.07, 6.45) is 3.96. The minimum Gasteiger partial charge on any atom is -0.494 e. The van der Waals surface area contributed by atoms with E-state index in [0.29, 0.717) is 0 Å². The summed E-state index contributed by atoms with van der Waals surface area (Å²) >= 11 is 0. The number of fused-ring (bicyclic) bond motifs is 3. The molecular formula is C21H21N3O. The molecule has 0 fully saturated rings. The number of hydrogen-bond donors (Lipinski definition) is 0. The summed E-state index contributed by atoms with van der Waals surface area (Å²) < 4.78 is 7.55. The van der Waals surface area contributed by atoms with Crippen molar-refractivity contribution in [1.82, 2.24) is 14.8 Å². The molecule has 0 unspecified atom stereocenters. The number of hydrogen-bond acceptors (Lipinski definition) is 3. The lowest BCUT2D eigenvalue weighted by Gasteiger charge is -2.09. The Kier molecular flexibility index (Phi) is 3.88. The highest BCUT2D eigenvalue weighted by molar-refractivity contribution is 6.05. The van der Waals surface area contributed by atoms with Gasteiger partial charge in [0, 0.05) is 17.0 Å². The molecule has 0 N–H and O–H groups in total. The molecule has 4 nitrogen and oxygen atoms in total. The Morgan fingerprint density at radius 3 is 2.60 bits per heavy atom. The Bertz CT molecular complexity index is 1070. The molecule has 0 saturated heterocycles. The zero-order chi connectivity index (χ0) is 17.4. The lowest BCUT2D eigenvalue weighted by atomic mass is 10.1. The van der Waals surface area contributed by atoms with Crippen molar-refractivity contribution in [1.29, 1.82) is 0 Å². The number of methoxy groups -OCH3 is 1. The number of rotatable bonds is 4. The van der Waals surface area contributed by atoms with Crippen molar-refractivity contribution in [3.8, 4) is 11.4 Å². The molecule has 2 heterocycles. The smallest absolute Gasteiger partial charge is 0.145 e. The van der Waals surface area contributed by atoms with Crippen LogP contribution >= 0.6 is 0 Å². The Balaban J connectivity index is 2.09. The van der Waals surface area contributed by atoms with Crippen molar-refractivity contribution >= 4 is 21.8 Å². The van der Waals surface area contributed by atoms with Crippen molar-refractivity contribution in [2.45, 2.75) is 26.7 Å². The van der Waals surface area contributed by atoms with E-state index in [2.05, 4.69) is 53.8 Å². The normalized spacial score (nSPS) is 11.3. The van der Waals surface area contributed by atoms with Crippen LogP contribution in [0.15, 0.2) is 48.7 Å². The van der Waals surface area contributed by atoms with E-state index < -0.39 is 0 Å². The lowest BCUT2D eigenvalue weighted by molar-refractivity contribution is 0.419. The first-order chi connectivity index (χ1) is 12.2. The van der Waals surface area contributed by atoms with Crippen LogP contribution in [0.1, 0.15) is 24.6 Å². The maximum absolute atomic E-state index is 5.47. The van der Waals surface area contributed by atoms with Gasteiger partial charge in [-0.25, -0.2) is 4.68 Å². The zero-order valence-electron chi connectivity index (χ0n) is 14.8. The molecule has 0 aliphatic rings. The molecule has 0 atom stereocenters. The van der Waals surface area contributed by atoms with Gasteiger partial charge in [-0.2, -0.15) is 5.10 Å². The van der Waals surface area contributed by atoms with Gasteiger partial charge in [0.1, 0.15) is 16.8 Å². The number of nitrogens with zero attached hydrogens (tertiary/aromatic N) is 3. The van der Waals surface area contributed by atoms with Crippen LogP contribution in [0.4, 0.5) is 0 Å². The molecule has 2 aromatic heterocycles. The first-order valence-electron chi connectivity index (χ1n) is 8.64. The van der Waals surface area contributed by atoms with Crippen LogP contribution in [0.3, 0.4) is 0 Å². The van der Waals surface area contributed by atoms with Crippen LogP contribution in [0.25, 0.3) is 27.5 Å². The van der Waals surface area contributed by atoms with Gasteiger partial charge in [0.2, 0.25) is 0 Å². The van der Waals surface area contributed by atoms with Crippen LogP contribution in [-0.2, 0) is 6.42 Å². The van der Waals surface area contributed by atoms with E-state index in [1.807, 2.05) is 18.3 Å². The fraction of sp³-hybridized carbons (Fsp3) is 0.238. The fourth-order valence-corrected chi connectivity index (χ4v) is 3.42. The van der Waals surface area contributed by atoms with Crippen molar-refractivity contribution in [3.05, 3.63) is 59.9 Å². The summed E-state index contributed by atoms with van der Waals surface area (Å²) in [5.74, 6) is 0.780. The van der Waals surface area contributed by atoms with Crippen molar-refractivity contribution in [3.63, 3.8) is 0 Å². The summed E-state index contributed by atoms with van der Waals surface area (Å²) in [5.41, 5.74) is 5.38. The third kappa shape index (κ3) is 2.45. The highest BCUT2D eigenvalue weighted by Gasteiger charge is 2.17. The SMILES string of the molecule is CCCc1c2cnc3c(OC)cccc3c2nn1-c1ccccc1C. The summed E-state index contributed by atoms with van der Waals surface area (Å²) in [5, 5.41) is 7.13. The molecule has 0 aliphatic carbocycles. The molecule has 4 heteroatoms. The molecule has 0 saturated carbocycles. The van der Waals surface area contributed by atoms with Crippen LogP contribution in [0.2, 0.25) is 0 Å². The molecule has 0 bridgehead atoms. The number of para-hydroxylation sites is 2. The molecule has 126 valence electrons. The number of aryl methyl sites for hydroxylation is 2. The third-order valence-electron chi connectivity index (χ3n) is 4.65. The van der Waals surface area contributed by atoms with Gasteiger partial charge in [0.15, 0.2) is 0 Å². The van der Waals surface area contributed by atoms with Crippen molar-refractivity contribution < 1.29 is 4.74 Å². The van der Waals surface area contributed by atoms with Gasteiger partial charge in [-0.1, -0.05) is 43.7 Å². The summed E-state index contributed by atoms with van der Waals surface area (Å²) in [7, 11) is 1.68. The van der Waals surface area contributed by atoms with Crippen LogP contribution < -0.4 is 4.74 Å². The van der Waals surface area contributed by atoms with Gasteiger partial charge in [-0.15, -0.1) is 0 Å². The van der Waals surface area contributed by atoms with Gasteiger partial charge >= 0.3 is 0 Å². The van der Waals surface area contributed by atoms with Crippen LogP contribution in [0.5, 0.6) is 5.75 Å². The summed E-state index contributed by atoms with van der Waals surface area (Å²) in [4.78, 5) is 4.67. The number of benzene rings is 2. The molecule has 0 radical (unpaired) electrons. The number of pyridine rings is 1. The minimum atomic E-state index is 0.780. The van der Waals surface area contributed by atoms with Gasteiger partial charge < -0.3 is 4.74 Å². The third-order valence-corrected chi connectivity index (χ3v) is 4.65. The Morgan fingerprint density at radius 2 is 1.84 bits per heavy atom. The second-order valence-electron chi connectivity index (χ2n) is 6.27. The van der Waals surface area contributed by atoms with Gasteiger partial charge in [-0.05, 0) is 31.0 Å². The topological polar surface area (TPSA) is 39.9 Å². The highest BCUT2D eigenvalue weighted by atomic mass is 16.5. The maximum atomic E-state index is 5.47. The van der Waals surface area contributed by atoms with E-state index in [9.17, 15) is 0 Å². The molecule has 2 aromatic carbocycles. The Labute approximate surface area is 147 Å². The van der Waals surface area contributed by atoms with Gasteiger partial charge in [0.25, 0.3) is 0 Å². The molecular weight excluding hydrogens is 310 g/mol. The first kappa shape index (κ1) is 15.6. The first-order valence-corrected chi connectivity index (χ1v) is 8.64. The number of ether oxygens (including phenoxy) is 1. The Morgan fingerprint density at radius 1 is 1.00 bits per heavy atom. The van der Waals surface area contributed by atoms with E-state index in [1.165, 1.54) is 11.3 Å². The monoisotopic (exact) mass is 331 g/mol. The molecule has 0 aliphatic heterocycles. The molecule has 0 spiro atoms. The standard InChI is InChI=1S/C21H21N3O/c1-4-8-18-16-13-22-21-15(10-7-12-19(21)25-3)20(16)23-24(18)17-11-6-5-9-14(17)2/h5-7,9-13H,4,8H2,1-3H3. The second-order valence-corrected chi connectivity index (χ2v) is 6.27. The fourth-order valence-electron chi connectivity index (χ4n) is 3.42. The largest absolute Gasteiger partial charge is 0.494 e. The lowest BCUT2D eigenvalue weighted by Crippen LogP contribution is -2.03.